The van der Waals surface area contributed by atoms with Gasteiger partial charge in [0.1, 0.15) is 4.90 Å². The van der Waals surface area contributed by atoms with Gasteiger partial charge in [-0.1, -0.05) is 6.07 Å². The first kappa shape index (κ1) is 13.9. The van der Waals surface area contributed by atoms with E-state index in [-0.39, 0.29) is 4.90 Å². The average Bonchev–Trinajstić information content (AvgIpc) is 2.91. The number of nitrogens with one attached hydrogen (secondary N) is 1. The second-order valence-corrected chi connectivity index (χ2v) is 6.90. The number of hydrogen-bond donors (Lipinski definition) is 2. The summed E-state index contributed by atoms with van der Waals surface area (Å²) in [7, 11) is -2.09. The summed E-state index contributed by atoms with van der Waals surface area (Å²) in [5.74, 6) is 5.32. The van der Waals surface area contributed by atoms with Crippen LogP contribution in [0.3, 0.4) is 0 Å². The largest absolute Gasteiger partial charge is 0.323 e. The van der Waals surface area contributed by atoms with Crippen molar-refractivity contribution >= 4 is 27.0 Å². The van der Waals surface area contributed by atoms with Gasteiger partial charge in [0, 0.05) is 30.9 Å². The van der Waals surface area contributed by atoms with E-state index in [1.54, 1.807) is 0 Å². The van der Waals surface area contributed by atoms with Crippen LogP contribution in [0.15, 0.2) is 40.9 Å². The molecule has 0 amide bonds. The monoisotopic (exact) mass is 298 g/mol. The summed E-state index contributed by atoms with van der Waals surface area (Å²) in [6.45, 7) is 0.318. The molecule has 2 aromatic heterocycles. The Kier molecular flexibility index (Phi) is 4.15. The number of hydrazine groups is 1. The number of nitrogen functional groups attached to an aromatic ring is 1. The number of hydrogen-bond acceptors (Lipinski definition) is 6. The van der Waals surface area contributed by atoms with Crippen molar-refractivity contribution in [2.75, 3.05) is 12.5 Å². The summed E-state index contributed by atoms with van der Waals surface area (Å²) < 4.78 is 26.1. The molecule has 0 radical (unpaired) electrons. The lowest BCUT2D eigenvalue weighted by Gasteiger charge is -2.18. The molecule has 0 saturated carbocycles. The van der Waals surface area contributed by atoms with Crippen LogP contribution in [-0.4, -0.2) is 24.8 Å². The van der Waals surface area contributed by atoms with Crippen molar-refractivity contribution in [2.45, 2.75) is 11.4 Å². The minimum Gasteiger partial charge on any atom is -0.323 e. The smallest absolute Gasteiger partial charge is 0.246 e. The average molecular weight is 298 g/mol. The first-order chi connectivity index (χ1) is 9.05. The first-order valence-corrected chi connectivity index (χ1v) is 7.77. The maximum atomic E-state index is 12.4. The van der Waals surface area contributed by atoms with E-state index < -0.39 is 10.0 Å². The van der Waals surface area contributed by atoms with Crippen molar-refractivity contribution in [3.8, 4) is 0 Å². The number of pyridine rings is 1. The Morgan fingerprint density at radius 3 is 2.89 bits per heavy atom. The normalized spacial score (nSPS) is 11.7. The SMILES string of the molecule is CN(Cc1cccs1)S(=O)(=O)c1cnccc1NN. The minimum atomic E-state index is -3.62. The van der Waals surface area contributed by atoms with E-state index in [9.17, 15) is 8.42 Å². The second-order valence-electron chi connectivity index (χ2n) is 3.86. The molecule has 0 aliphatic carbocycles. The molecular formula is C11H14N4O2S2. The molecule has 102 valence electrons. The number of sulfonamides is 1. The molecule has 0 spiro atoms. The van der Waals surface area contributed by atoms with E-state index >= 15 is 0 Å². The van der Waals surface area contributed by atoms with Crippen molar-refractivity contribution in [1.82, 2.24) is 9.29 Å². The fourth-order valence-electron chi connectivity index (χ4n) is 1.58. The van der Waals surface area contributed by atoms with Crippen LogP contribution in [0.1, 0.15) is 4.88 Å². The van der Waals surface area contributed by atoms with Crippen LogP contribution in [0, 0.1) is 0 Å². The lowest BCUT2D eigenvalue weighted by Crippen LogP contribution is -2.27. The van der Waals surface area contributed by atoms with Gasteiger partial charge in [0.25, 0.3) is 0 Å². The summed E-state index contributed by atoms with van der Waals surface area (Å²) in [6, 6.07) is 5.30. The summed E-state index contributed by atoms with van der Waals surface area (Å²) in [6.07, 6.45) is 2.77. The molecule has 19 heavy (non-hydrogen) atoms. The molecule has 2 aromatic rings. The summed E-state index contributed by atoms with van der Waals surface area (Å²) >= 11 is 1.51. The van der Waals surface area contributed by atoms with Crippen LogP contribution >= 0.6 is 11.3 Å². The molecule has 0 aromatic carbocycles. The quantitative estimate of drug-likeness (QED) is 0.640. The fourth-order valence-corrected chi connectivity index (χ4v) is 3.66. The lowest BCUT2D eigenvalue weighted by atomic mass is 10.4. The second kappa shape index (κ2) is 5.66. The summed E-state index contributed by atoms with van der Waals surface area (Å²) in [5, 5.41) is 1.91. The Hall–Kier alpha value is -1.48. The molecule has 0 saturated heterocycles. The Morgan fingerprint density at radius 1 is 1.47 bits per heavy atom. The highest BCUT2D eigenvalue weighted by Crippen LogP contribution is 2.23. The highest BCUT2D eigenvalue weighted by molar-refractivity contribution is 7.89. The highest BCUT2D eigenvalue weighted by Gasteiger charge is 2.24. The van der Waals surface area contributed by atoms with Gasteiger partial charge >= 0.3 is 0 Å². The van der Waals surface area contributed by atoms with Crippen molar-refractivity contribution in [1.29, 1.82) is 0 Å². The number of nitrogens with zero attached hydrogens (tertiary/aromatic N) is 2. The summed E-state index contributed by atoms with van der Waals surface area (Å²) in [4.78, 5) is 4.88. The predicted octanol–water partition coefficient (Wildman–Crippen LogP) is 1.25. The fraction of sp³-hybridized carbons (Fsp3) is 0.182. The zero-order valence-electron chi connectivity index (χ0n) is 10.3. The van der Waals surface area contributed by atoms with Crippen LogP contribution in [0.2, 0.25) is 0 Å². The number of rotatable bonds is 5. The van der Waals surface area contributed by atoms with Crippen molar-refractivity contribution in [3.05, 3.63) is 40.8 Å². The number of thiophene rings is 1. The van der Waals surface area contributed by atoms with E-state index in [2.05, 4.69) is 10.4 Å². The molecule has 0 fully saturated rings. The Bertz CT molecular complexity index is 640. The number of aromatic nitrogens is 1. The number of nitrogens with two attached hydrogens (primary N) is 1. The van der Waals surface area contributed by atoms with Gasteiger partial charge < -0.3 is 5.43 Å². The number of anilines is 1. The molecule has 2 heterocycles. The third-order valence-corrected chi connectivity index (χ3v) is 5.28. The van der Waals surface area contributed by atoms with Crippen LogP contribution in [-0.2, 0) is 16.6 Å². The van der Waals surface area contributed by atoms with Crippen molar-refractivity contribution < 1.29 is 8.42 Å². The third-order valence-electron chi connectivity index (χ3n) is 2.59. The van der Waals surface area contributed by atoms with E-state index in [1.807, 2.05) is 17.5 Å². The molecule has 0 aliphatic heterocycles. The molecule has 2 rings (SSSR count). The highest BCUT2D eigenvalue weighted by atomic mass is 32.2. The van der Waals surface area contributed by atoms with E-state index in [1.165, 1.54) is 41.1 Å². The molecule has 0 atom stereocenters. The Labute approximate surface area is 115 Å². The minimum absolute atomic E-state index is 0.0663. The maximum absolute atomic E-state index is 12.4. The van der Waals surface area contributed by atoms with Crippen molar-refractivity contribution in [2.24, 2.45) is 5.84 Å². The lowest BCUT2D eigenvalue weighted by molar-refractivity contribution is 0.469. The third kappa shape index (κ3) is 2.92. The van der Waals surface area contributed by atoms with Gasteiger partial charge in [-0.05, 0) is 17.5 Å². The zero-order valence-corrected chi connectivity index (χ0v) is 11.9. The van der Waals surface area contributed by atoms with Gasteiger partial charge in [-0.15, -0.1) is 11.3 Å². The standard InChI is InChI=1S/C11H14N4O2S2/c1-15(8-9-3-2-6-18-9)19(16,17)11-7-13-5-4-10(11)14-12/h2-7H,8,12H2,1H3,(H,13,14). The van der Waals surface area contributed by atoms with Crippen LogP contribution in [0.25, 0.3) is 0 Å². The maximum Gasteiger partial charge on any atom is 0.246 e. The van der Waals surface area contributed by atoms with Gasteiger partial charge in [0.2, 0.25) is 10.0 Å². The van der Waals surface area contributed by atoms with E-state index in [4.69, 9.17) is 5.84 Å². The first-order valence-electron chi connectivity index (χ1n) is 5.45. The Balaban J connectivity index is 2.31. The predicted molar refractivity (Wildman–Crippen MR) is 75.0 cm³/mol. The van der Waals surface area contributed by atoms with E-state index in [0.29, 0.717) is 12.2 Å². The van der Waals surface area contributed by atoms with Crippen LogP contribution in [0.5, 0.6) is 0 Å². The van der Waals surface area contributed by atoms with Gasteiger partial charge in [-0.25, -0.2) is 8.42 Å². The topological polar surface area (TPSA) is 88.3 Å². The summed E-state index contributed by atoms with van der Waals surface area (Å²) in [5.41, 5.74) is 2.70. The molecule has 0 unspecified atom stereocenters. The zero-order chi connectivity index (χ0) is 13.9. The molecular weight excluding hydrogens is 284 g/mol. The molecule has 0 bridgehead atoms. The molecule has 0 aliphatic rings. The molecule has 3 N–H and O–H groups in total. The van der Waals surface area contributed by atoms with Crippen molar-refractivity contribution in [3.63, 3.8) is 0 Å². The van der Waals surface area contributed by atoms with Crippen LogP contribution < -0.4 is 11.3 Å². The van der Waals surface area contributed by atoms with Gasteiger partial charge in [0.15, 0.2) is 0 Å². The Morgan fingerprint density at radius 2 is 2.26 bits per heavy atom. The van der Waals surface area contributed by atoms with Gasteiger partial charge in [-0.2, -0.15) is 4.31 Å². The molecule has 6 nitrogen and oxygen atoms in total. The van der Waals surface area contributed by atoms with Gasteiger partial charge in [-0.3, -0.25) is 10.8 Å². The van der Waals surface area contributed by atoms with Gasteiger partial charge in [0.05, 0.1) is 5.69 Å². The van der Waals surface area contributed by atoms with Crippen LogP contribution in [0.4, 0.5) is 5.69 Å². The van der Waals surface area contributed by atoms with E-state index in [0.717, 1.165) is 4.88 Å². The molecule has 8 heteroatoms.